The molecule has 1 amide bonds. The third-order valence-corrected chi connectivity index (χ3v) is 6.05. The quantitative estimate of drug-likeness (QED) is 0.786. The van der Waals surface area contributed by atoms with Crippen LogP contribution < -0.4 is 14.8 Å². The van der Waals surface area contributed by atoms with Gasteiger partial charge in [-0.1, -0.05) is 18.9 Å². The lowest BCUT2D eigenvalue weighted by atomic mass is 9.97. The van der Waals surface area contributed by atoms with Crippen LogP contribution in [0, 0.1) is 11.3 Å². The average molecular weight is 380 g/mol. The number of amides is 1. The van der Waals surface area contributed by atoms with Crippen LogP contribution in [-0.4, -0.2) is 12.7 Å². The number of aryl methyl sites for hydroxylation is 1. The monoisotopic (exact) mass is 380 g/mol. The fourth-order valence-corrected chi connectivity index (χ4v) is 4.71. The van der Waals surface area contributed by atoms with Gasteiger partial charge < -0.3 is 14.8 Å². The van der Waals surface area contributed by atoms with E-state index in [0.29, 0.717) is 22.1 Å². The molecule has 2 aromatic rings. The van der Waals surface area contributed by atoms with Crippen molar-refractivity contribution in [1.29, 1.82) is 5.26 Å². The number of thiophene rings is 1. The number of ether oxygens (including phenoxy) is 2. The van der Waals surface area contributed by atoms with E-state index in [4.69, 9.17) is 9.47 Å². The van der Waals surface area contributed by atoms with Gasteiger partial charge in [0.15, 0.2) is 11.5 Å². The largest absolute Gasteiger partial charge is 0.454 e. The maximum atomic E-state index is 12.4. The first-order chi connectivity index (χ1) is 13.2. The number of carbonyl (C=O) groups excluding carboxylic acids is 1. The van der Waals surface area contributed by atoms with Gasteiger partial charge in [-0.05, 0) is 55.0 Å². The summed E-state index contributed by atoms with van der Waals surface area (Å²) in [5.41, 5.74) is 2.63. The molecular weight excluding hydrogens is 360 g/mol. The summed E-state index contributed by atoms with van der Waals surface area (Å²) in [6.45, 7) is 0.225. The molecule has 1 aliphatic heterocycles. The molecule has 0 saturated carbocycles. The third-order valence-electron chi connectivity index (χ3n) is 4.84. The normalized spacial score (nSPS) is 15.7. The molecule has 0 atom stereocenters. The summed E-state index contributed by atoms with van der Waals surface area (Å²) < 4.78 is 10.6. The van der Waals surface area contributed by atoms with Crippen LogP contribution in [-0.2, 0) is 17.6 Å². The molecule has 2 aliphatic rings. The van der Waals surface area contributed by atoms with Crippen LogP contribution >= 0.6 is 11.3 Å². The average Bonchev–Trinajstić information content (AvgIpc) is 3.23. The van der Waals surface area contributed by atoms with Crippen molar-refractivity contribution in [3.63, 3.8) is 0 Å². The Morgan fingerprint density at radius 1 is 1.15 bits per heavy atom. The molecule has 27 heavy (non-hydrogen) atoms. The SMILES string of the molecule is N#Cc1c(NC(=O)C=Cc2ccc3c(c2)OCO3)sc2c1CCCCCC2. The fourth-order valence-electron chi connectivity index (χ4n) is 3.47. The van der Waals surface area contributed by atoms with Gasteiger partial charge in [-0.15, -0.1) is 11.3 Å². The van der Waals surface area contributed by atoms with Gasteiger partial charge in [0.05, 0.1) is 5.56 Å². The number of anilines is 1. The molecule has 4 rings (SSSR count). The second-order valence-corrected chi connectivity index (χ2v) is 7.77. The van der Waals surface area contributed by atoms with Crippen LogP contribution in [0.5, 0.6) is 11.5 Å². The van der Waals surface area contributed by atoms with Crippen molar-refractivity contribution in [1.82, 2.24) is 0 Å². The summed E-state index contributed by atoms with van der Waals surface area (Å²) in [7, 11) is 0. The lowest BCUT2D eigenvalue weighted by Crippen LogP contribution is -2.07. The van der Waals surface area contributed by atoms with Crippen molar-refractivity contribution in [2.75, 3.05) is 12.1 Å². The lowest BCUT2D eigenvalue weighted by molar-refractivity contribution is -0.111. The van der Waals surface area contributed by atoms with Crippen molar-refractivity contribution in [3.8, 4) is 17.6 Å². The third kappa shape index (κ3) is 3.83. The first-order valence-electron chi connectivity index (χ1n) is 9.18. The van der Waals surface area contributed by atoms with E-state index in [9.17, 15) is 10.1 Å². The number of hydrogen-bond donors (Lipinski definition) is 1. The number of fused-ring (bicyclic) bond motifs is 2. The summed E-state index contributed by atoms with van der Waals surface area (Å²) in [6.07, 6.45) is 9.84. The minimum Gasteiger partial charge on any atom is -0.454 e. The van der Waals surface area contributed by atoms with Crippen molar-refractivity contribution < 1.29 is 14.3 Å². The predicted molar refractivity (Wildman–Crippen MR) is 105 cm³/mol. The zero-order valence-corrected chi connectivity index (χ0v) is 15.7. The van der Waals surface area contributed by atoms with Crippen LogP contribution in [0.15, 0.2) is 24.3 Å². The summed E-state index contributed by atoms with van der Waals surface area (Å²) in [5, 5.41) is 13.2. The minimum atomic E-state index is -0.238. The van der Waals surface area contributed by atoms with Crippen LogP contribution in [0.4, 0.5) is 5.00 Å². The maximum absolute atomic E-state index is 12.4. The van der Waals surface area contributed by atoms with Crippen molar-refractivity contribution in [3.05, 3.63) is 45.8 Å². The van der Waals surface area contributed by atoms with Gasteiger partial charge in [0.25, 0.3) is 0 Å². The van der Waals surface area contributed by atoms with Crippen LogP contribution in [0.2, 0.25) is 0 Å². The molecule has 1 aromatic carbocycles. The lowest BCUT2D eigenvalue weighted by Gasteiger charge is -2.08. The molecule has 1 aliphatic carbocycles. The zero-order chi connectivity index (χ0) is 18.6. The molecular formula is C21H20N2O3S. The standard InChI is InChI=1S/C21H20N2O3S/c22-12-16-15-5-3-1-2-4-6-19(15)27-21(16)23-20(24)10-8-14-7-9-17-18(11-14)26-13-25-17/h7-11H,1-6,13H2,(H,23,24). The molecule has 0 fully saturated rings. The molecule has 0 unspecified atom stereocenters. The van der Waals surface area contributed by atoms with Gasteiger partial charge in [-0.3, -0.25) is 4.79 Å². The van der Waals surface area contributed by atoms with E-state index in [2.05, 4.69) is 11.4 Å². The molecule has 1 aromatic heterocycles. The van der Waals surface area contributed by atoms with E-state index in [1.54, 1.807) is 17.4 Å². The Kier molecular flexibility index (Phi) is 5.12. The van der Waals surface area contributed by atoms with E-state index in [-0.39, 0.29) is 12.7 Å². The van der Waals surface area contributed by atoms with Crippen molar-refractivity contribution in [2.24, 2.45) is 0 Å². The van der Waals surface area contributed by atoms with E-state index in [0.717, 1.165) is 36.8 Å². The smallest absolute Gasteiger partial charge is 0.249 e. The van der Waals surface area contributed by atoms with Crippen LogP contribution in [0.3, 0.4) is 0 Å². The second kappa shape index (κ2) is 7.85. The Balaban J connectivity index is 1.49. The number of nitrogens with zero attached hydrogens (tertiary/aromatic N) is 1. The molecule has 0 saturated heterocycles. The minimum absolute atomic E-state index is 0.225. The van der Waals surface area contributed by atoms with Gasteiger partial charge in [0, 0.05) is 11.0 Å². The number of carbonyl (C=O) groups is 1. The first kappa shape index (κ1) is 17.6. The molecule has 0 spiro atoms. The van der Waals surface area contributed by atoms with Gasteiger partial charge >= 0.3 is 0 Å². The maximum Gasteiger partial charge on any atom is 0.249 e. The molecule has 1 N–H and O–H groups in total. The van der Waals surface area contributed by atoms with E-state index >= 15 is 0 Å². The van der Waals surface area contributed by atoms with Crippen molar-refractivity contribution >= 4 is 28.3 Å². The Bertz CT molecular complexity index is 940. The van der Waals surface area contributed by atoms with Crippen molar-refractivity contribution in [2.45, 2.75) is 38.5 Å². The van der Waals surface area contributed by atoms with E-state index in [1.807, 2.05) is 18.2 Å². The number of hydrogen-bond acceptors (Lipinski definition) is 5. The van der Waals surface area contributed by atoms with E-state index in [1.165, 1.54) is 23.8 Å². The molecule has 138 valence electrons. The predicted octanol–water partition coefficient (Wildman–Crippen LogP) is 4.66. The highest BCUT2D eigenvalue weighted by Crippen LogP contribution is 2.36. The first-order valence-corrected chi connectivity index (χ1v) is 9.99. The Hall–Kier alpha value is -2.78. The zero-order valence-electron chi connectivity index (χ0n) is 14.9. The number of nitriles is 1. The summed E-state index contributed by atoms with van der Waals surface area (Å²) in [6, 6.07) is 7.83. The Morgan fingerprint density at radius 3 is 2.81 bits per heavy atom. The number of benzene rings is 1. The summed E-state index contributed by atoms with van der Waals surface area (Å²) in [4.78, 5) is 13.6. The topological polar surface area (TPSA) is 71.4 Å². The molecule has 0 radical (unpaired) electrons. The van der Waals surface area contributed by atoms with Gasteiger partial charge in [-0.25, -0.2) is 0 Å². The fraction of sp³-hybridized carbons (Fsp3) is 0.333. The molecule has 6 heteroatoms. The highest BCUT2D eigenvalue weighted by atomic mass is 32.1. The van der Waals surface area contributed by atoms with Gasteiger partial charge in [-0.2, -0.15) is 5.26 Å². The summed E-state index contributed by atoms with van der Waals surface area (Å²) in [5.74, 6) is 1.16. The van der Waals surface area contributed by atoms with Gasteiger partial charge in [0.1, 0.15) is 11.1 Å². The molecule has 0 bridgehead atoms. The highest BCUT2D eigenvalue weighted by Gasteiger charge is 2.20. The second-order valence-electron chi connectivity index (χ2n) is 6.67. The van der Waals surface area contributed by atoms with Crippen LogP contribution in [0.25, 0.3) is 6.08 Å². The molecule has 5 nitrogen and oxygen atoms in total. The van der Waals surface area contributed by atoms with E-state index < -0.39 is 0 Å². The molecule has 2 heterocycles. The number of rotatable bonds is 3. The summed E-state index contributed by atoms with van der Waals surface area (Å²) >= 11 is 1.55. The Labute approximate surface area is 162 Å². The van der Waals surface area contributed by atoms with Crippen LogP contribution in [0.1, 0.15) is 47.3 Å². The highest BCUT2D eigenvalue weighted by molar-refractivity contribution is 7.16. The van der Waals surface area contributed by atoms with Gasteiger partial charge in [0.2, 0.25) is 12.7 Å². The Morgan fingerprint density at radius 2 is 1.96 bits per heavy atom. The number of nitrogens with one attached hydrogen (secondary N) is 1.